The van der Waals surface area contributed by atoms with E-state index in [0.29, 0.717) is 5.76 Å². The summed E-state index contributed by atoms with van der Waals surface area (Å²) < 4.78 is 47.2. The third kappa shape index (κ3) is 3.90. The lowest BCUT2D eigenvalue weighted by Gasteiger charge is -2.24. The van der Waals surface area contributed by atoms with Gasteiger partial charge in [0.15, 0.2) is 5.76 Å². The summed E-state index contributed by atoms with van der Waals surface area (Å²) in [4.78, 5) is 24.7. The summed E-state index contributed by atoms with van der Waals surface area (Å²) in [6, 6.07) is 6.91. The second kappa shape index (κ2) is 6.96. The third-order valence-electron chi connectivity index (χ3n) is 4.04. The van der Waals surface area contributed by atoms with E-state index >= 15 is 0 Å². The summed E-state index contributed by atoms with van der Waals surface area (Å²) in [5, 5.41) is 12.9. The van der Waals surface area contributed by atoms with E-state index in [-0.39, 0.29) is 23.9 Å². The monoisotopic (exact) mass is 407 g/mol. The SMILES string of the molecule is O=C1C[C@@H](C(=O)Nc2ccc(OC(F)(F)F)cc2)n2c(nnc2-c2ccco2)N1. The Labute approximate surface area is 160 Å². The van der Waals surface area contributed by atoms with Gasteiger partial charge in [-0.3, -0.25) is 19.5 Å². The molecule has 0 spiro atoms. The van der Waals surface area contributed by atoms with Crippen molar-refractivity contribution in [3.8, 4) is 17.3 Å². The van der Waals surface area contributed by atoms with Crippen LogP contribution in [0.1, 0.15) is 12.5 Å². The number of carbonyl (C=O) groups excluding carboxylic acids is 2. The molecule has 3 aromatic rings. The Hall–Kier alpha value is -3.83. The van der Waals surface area contributed by atoms with Crippen molar-refractivity contribution in [1.29, 1.82) is 0 Å². The molecule has 1 aliphatic rings. The van der Waals surface area contributed by atoms with Crippen LogP contribution < -0.4 is 15.4 Å². The zero-order valence-corrected chi connectivity index (χ0v) is 14.4. The van der Waals surface area contributed by atoms with E-state index in [9.17, 15) is 22.8 Å². The smallest absolute Gasteiger partial charge is 0.461 e. The molecule has 0 saturated heterocycles. The summed E-state index contributed by atoms with van der Waals surface area (Å²) >= 11 is 0. The molecule has 3 heterocycles. The number of furan rings is 1. The second-order valence-electron chi connectivity index (χ2n) is 6.02. The molecule has 1 atom stereocenters. The molecule has 150 valence electrons. The average molecular weight is 407 g/mol. The van der Waals surface area contributed by atoms with Crippen molar-refractivity contribution >= 4 is 23.5 Å². The lowest BCUT2D eigenvalue weighted by molar-refractivity contribution is -0.274. The number of nitrogens with zero attached hydrogens (tertiary/aromatic N) is 3. The Balaban J connectivity index is 1.57. The van der Waals surface area contributed by atoms with Crippen molar-refractivity contribution < 1.29 is 31.9 Å². The molecule has 29 heavy (non-hydrogen) atoms. The highest BCUT2D eigenvalue weighted by atomic mass is 19.4. The zero-order valence-electron chi connectivity index (χ0n) is 14.4. The number of benzene rings is 1. The minimum absolute atomic E-state index is 0.0849. The minimum Gasteiger partial charge on any atom is -0.461 e. The maximum absolute atomic E-state index is 12.8. The molecule has 1 aliphatic heterocycles. The number of anilines is 2. The molecule has 1 aromatic carbocycles. The molecule has 2 aromatic heterocycles. The predicted octanol–water partition coefficient (Wildman–Crippen LogP) is 2.96. The van der Waals surface area contributed by atoms with Crippen LogP contribution in [0.25, 0.3) is 11.6 Å². The van der Waals surface area contributed by atoms with Crippen molar-refractivity contribution in [1.82, 2.24) is 14.8 Å². The van der Waals surface area contributed by atoms with E-state index in [4.69, 9.17) is 4.42 Å². The Morgan fingerprint density at radius 2 is 2.00 bits per heavy atom. The first kappa shape index (κ1) is 18.5. The predicted molar refractivity (Wildman–Crippen MR) is 91.8 cm³/mol. The Bertz CT molecular complexity index is 1040. The number of ether oxygens (including phenoxy) is 1. The topological polar surface area (TPSA) is 111 Å². The maximum atomic E-state index is 12.8. The summed E-state index contributed by atoms with van der Waals surface area (Å²) in [7, 11) is 0. The third-order valence-corrected chi connectivity index (χ3v) is 4.04. The van der Waals surface area contributed by atoms with Gasteiger partial charge in [-0.15, -0.1) is 23.4 Å². The van der Waals surface area contributed by atoms with Crippen LogP contribution in [0.15, 0.2) is 47.1 Å². The Morgan fingerprint density at radius 3 is 2.66 bits per heavy atom. The number of carbonyl (C=O) groups is 2. The molecular formula is C17H12F3N5O4. The van der Waals surface area contributed by atoms with Gasteiger partial charge in [0.1, 0.15) is 11.8 Å². The van der Waals surface area contributed by atoms with Crippen molar-refractivity contribution in [2.75, 3.05) is 10.6 Å². The van der Waals surface area contributed by atoms with Crippen molar-refractivity contribution in [2.45, 2.75) is 18.8 Å². The number of hydrogen-bond acceptors (Lipinski definition) is 6. The summed E-state index contributed by atoms with van der Waals surface area (Å²) in [6.45, 7) is 0. The first-order chi connectivity index (χ1) is 13.8. The number of aromatic nitrogens is 3. The molecule has 9 nitrogen and oxygen atoms in total. The summed E-state index contributed by atoms with van der Waals surface area (Å²) in [6.07, 6.45) is -3.56. The molecule has 0 radical (unpaired) electrons. The maximum Gasteiger partial charge on any atom is 0.573 e. The molecule has 2 amide bonds. The molecular weight excluding hydrogens is 395 g/mol. The average Bonchev–Trinajstić information content (AvgIpc) is 3.30. The largest absolute Gasteiger partial charge is 0.573 e. The summed E-state index contributed by atoms with van der Waals surface area (Å²) in [5.74, 6) is -0.732. The van der Waals surface area contributed by atoms with Crippen LogP contribution in [0.3, 0.4) is 0 Å². The van der Waals surface area contributed by atoms with Gasteiger partial charge in [0.2, 0.25) is 23.6 Å². The molecule has 4 rings (SSSR count). The van der Waals surface area contributed by atoms with Gasteiger partial charge in [0, 0.05) is 5.69 Å². The van der Waals surface area contributed by atoms with Gasteiger partial charge in [-0.2, -0.15) is 0 Å². The summed E-state index contributed by atoms with van der Waals surface area (Å²) in [5.41, 5.74) is 0.227. The first-order valence-corrected chi connectivity index (χ1v) is 8.25. The van der Waals surface area contributed by atoms with E-state index < -0.39 is 30.0 Å². The Morgan fingerprint density at radius 1 is 1.24 bits per heavy atom. The van der Waals surface area contributed by atoms with Crippen molar-refractivity contribution in [3.63, 3.8) is 0 Å². The van der Waals surface area contributed by atoms with Gasteiger partial charge < -0.3 is 14.5 Å². The fourth-order valence-electron chi connectivity index (χ4n) is 2.86. The van der Waals surface area contributed by atoms with Crippen LogP contribution in [-0.4, -0.2) is 32.9 Å². The lowest BCUT2D eigenvalue weighted by Crippen LogP contribution is -2.35. The standard InChI is InChI=1S/C17H12F3N5O4/c18-17(19,20)29-10-5-3-9(4-6-10)21-15(27)11-8-13(26)22-16-24-23-14(25(11)16)12-2-1-7-28-12/h1-7,11H,8H2,(H,21,27)(H,22,24,26)/t11-/m0/s1. The number of amides is 2. The first-order valence-electron chi connectivity index (χ1n) is 8.25. The van der Waals surface area contributed by atoms with Gasteiger partial charge in [-0.05, 0) is 36.4 Å². The molecule has 0 fully saturated rings. The minimum atomic E-state index is -4.81. The van der Waals surface area contributed by atoms with Crippen LogP contribution >= 0.6 is 0 Å². The van der Waals surface area contributed by atoms with Crippen molar-refractivity contribution in [3.05, 3.63) is 42.7 Å². The highest BCUT2D eigenvalue weighted by Gasteiger charge is 2.35. The van der Waals surface area contributed by atoms with Gasteiger partial charge in [0.25, 0.3) is 0 Å². The molecule has 0 aliphatic carbocycles. The fourth-order valence-corrected chi connectivity index (χ4v) is 2.86. The van der Waals surface area contributed by atoms with Crippen LogP contribution in [0, 0.1) is 0 Å². The van der Waals surface area contributed by atoms with Gasteiger partial charge in [-0.25, -0.2) is 0 Å². The zero-order chi connectivity index (χ0) is 20.6. The van der Waals surface area contributed by atoms with E-state index in [1.54, 1.807) is 12.1 Å². The highest BCUT2D eigenvalue weighted by molar-refractivity contribution is 6.01. The van der Waals surface area contributed by atoms with Crippen LogP contribution in [-0.2, 0) is 9.59 Å². The van der Waals surface area contributed by atoms with Crippen LogP contribution in [0.4, 0.5) is 24.8 Å². The lowest BCUT2D eigenvalue weighted by atomic mass is 10.1. The second-order valence-corrected chi connectivity index (χ2v) is 6.02. The number of fused-ring (bicyclic) bond motifs is 1. The van der Waals surface area contributed by atoms with Gasteiger partial charge in [-0.1, -0.05) is 0 Å². The number of nitrogens with one attached hydrogen (secondary N) is 2. The molecule has 0 unspecified atom stereocenters. The number of hydrogen-bond donors (Lipinski definition) is 2. The van der Waals surface area contributed by atoms with Crippen LogP contribution in [0.2, 0.25) is 0 Å². The number of rotatable bonds is 4. The number of alkyl halides is 3. The molecule has 12 heteroatoms. The van der Waals surface area contributed by atoms with E-state index in [0.717, 1.165) is 12.1 Å². The number of halogens is 3. The van der Waals surface area contributed by atoms with E-state index in [1.165, 1.54) is 23.0 Å². The van der Waals surface area contributed by atoms with E-state index in [1.807, 2.05) is 0 Å². The quantitative estimate of drug-likeness (QED) is 0.688. The van der Waals surface area contributed by atoms with Crippen LogP contribution in [0.5, 0.6) is 5.75 Å². The van der Waals surface area contributed by atoms with Gasteiger partial charge in [0.05, 0.1) is 12.7 Å². The molecule has 2 N–H and O–H groups in total. The normalized spacial score (nSPS) is 16.1. The van der Waals surface area contributed by atoms with E-state index in [2.05, 4.69) is 25.6 Å². The molecule has 0 saturated carbocycles. The Kier molecular flexibility index (Phi) is 4.45. The van der Waals surface area contributed by atoms with Gasteiger partial charge >= 0.3 is 6.36 Å². The molecule has 0 bridgehead atoms. The fraction of sp³-hybridized carbons (Fsp3) is 0.176. The highest BCUT2D eigenvalue weighted by Crippen LogP contribution is 2.31. The van der Waals surface area contributed by atoms with Crippen molar-refractivity contribution in [2.24, 2.45) is 0 Å².